The van der Waals surface area contributed by atoms with Gasteiger partial charge in [-0.2, -0.15) is 0 Å². The number of amides is 1. The Balaban J connectivity index is 3.49. The Morgan fingerprint density at radius 1 is 0.474 bits per heavy atom. The third-order valence-electron chi connectivity index (χ3n) is 11.5. The molecule has 0 fully saturated rings. The van der Waals surface area contributed by atoms with Crippen LogP contribution in [0.1, 0.15) is 264 Å². The highest BCUT2D eigenvalue weighted by atomic mass is 16.5. The van der Waals surface area contributed by atoms with Gasteiger partial charge in [-0.15, -0.1) is 0 Å². The van der Waals surface area contributed by atoms with Gasteiger partial charge in [-0.1, -0.05) is 192 Å². The molecular formula is C51H97NO5. The van der Waals surface area contributed by atoms with Crippen LogP contribution in [0.5, 0.6) is 0 Å². The van der Waals surface area contributed by atoms with Crippen molar-refractivity contribution in [1.29, 1.82) is 0 Å². The molecular weight excluding hydrogens is 707 g/mol. The molecule has 2 atom stereocenters. The lowest BCUT2D eigenvalue weighted by molar-refractivity contribution is -0.143. The van der Waals surface area contributed by atoms with Crippen LogP contribution >= 0.6 is 0 Å². The largest absolute Gasteiger partial charge is 0.466 e. The number of carbonyl (C=O) groups excluding carboxylic acids is 2. The highest BCUT2D eigenvalue weighted by molar-refractivity contribution is 5.76. The Morgan fingerprint density at radius 3 is 1.25 bits per heavy atom. The lowest BCUT2D eigenvalue weighted by Gasteiger charge is -2.22. The smallest absolute Gasteiger partial charge is 0.305 e. The van der Waals surface area contributed by atoms with Gasteiger partial charge in [0.05, 0.1) is 25.4 Å². The van der Waals surface area contributed by atoms with Crippen molar-refractivity contribution in [2.24, 2.45) is 0 Å². The van der Waals surface area contributed by atoms with Crippen LogP contribution in [0, 0.1) is 0 Å². The molecule has 0 bridgehead atoms. The fourth-order valence-electron chi connectivity index (χ4n) is 7.57. The van der Waals surface area contributed by atoms with Crippen LogP contribution in [-0.2, 0) is 14.3 Å². The van der Waals surface area contributed by atoms with E-state index in [4.69, 9.17) is 4.74 Å². The van der Waals surface area contributed by atoms with Gasteiger partial charge in [0, 0.05) is 12.8 Å². The van der Waals surface area contributed by atoms with Gasteiger partial charge in [0.25, 0.3) is 0 Å². The summed E-state index contributed by atoms with van der Waals surface area (Å²) in [5.74, 6) is -0.0891. The van der Waals surface area contributed by atoms with E-state index in [0.717, 1.165) is 77.0 Å². The van der Waals surface area contributed by atoms with Crippen molar-refractivity contribution >= 4 is 11.9 Å². The number of nitrogens with one attached hydrogen (secondary N) is 1. The van der Waals surface area contributed by atoms with E-state index in [1.54, 1.807) is 0 Å². The topological polar surface area (TPSA) is 95.9 Å². The molecule has 57 heavy (non-hydrogen) atoms. The van der Waals surface area contributed by atoms with Gasteiger partial charge in [-0.3, -0.25) is 9.59 Å². The standard InChI is InChI=1S/C51H97NO5/c1-3-5-7-9-11-13-15-16-17-18-19-20-25-29-33-37-41-45-51(56)57-46-42-38-34-30-26-22-21-24-28-32-36-40-44-50(55)52-48(47-53)49(54)43-39-35-31-27-23-14-12-10-8-6-4-2/h16-17,22,26,48-49,53-54H,3-15,18-21,23-25,27-47H2,1-2H3,(H,52,55)/b17-16-,26-22-. The summed E-state index contributed by atoms with van der Waals surface area (Å²) in [6.45, 7) is 4.87. The van der Waals surface area contributed by atoms with Gasteiger partial charge in [-0.25, -0.2) is 0 Å². The second kappa shape index (κ2) is 47.0. The molecule has 0 rings (SSSR count). The van der Waals surface area contributed by atoms with Gasteiger partial charge in [0.2, 0.25) is 5.91 Å². The molecule has 0 saturated carbocycles. The number of rotatable bonds is 46. The molecule has 6 heteroatoms. The zero-order valence-electron chi connectivity index (χ0n) is 38.1. The Labute approximate surface area is 354 Å². The molecule has 3 N–H and O–H groups in total. The van der Waals surface area contributed by atoms with Crippen LogP contribution in [0.25, 0.3) is 0 Å². The number of allylic oxidation sites excluding steroid dienone is 4. The molecule has 2 unspecified atom stereocenters. The predicted molar refractivity (Wildman–Crippen MR) is 246 cm³/mol. The summed E-state index contributed by atoms with van der Waals surface area (Å²) in [4.78, 5) is 24.4. The molecule has 6 nitrogen and oxygen atoms in total. The van der Waals surface area contributed by atoms with Gasteiger partial charge in [0.1, 0.15) is 0 Å². The lowest BCUT2D eigenvalue weighted by atomic mass is 10.0. The molecule has 0 saturated heterocycles. The summed E-state index contributed by atoms with van der Waals surface area (Å²) in [5, 5.41) is 23.1. The minimum Gasteiger partial charge on any atom is -0.466 e. The number of carbonyl (C=O) groups is 2. The van der Waals surface area contributed by atoms with E-state index in [1.807, 2.05) is 0 Å². The number of aliphatic hydroxyl groups excluding tert-OH is 2. The first-order valence-corrected chi connectivity index (χ1v) is 25.1. The van der Waals surface area contributed by atoms with Crippen LogP contribution in [0.4, 0.5) is 0 Å². The van der Waals surface area contributed by atoms with Crippen molar-refractivity contribution in [3.8, 4) is 0 Å². The second-order valence-corrected chi connectivity index (χ2v) is 17.1. The second-order valence-electron chi connectivity index (χ2n) is 17.1. The summed E-state index contributed by atoms with van der Waals surface area (Å²) >= 11 is 0. The summed E-state index contributed by atoms with van der Waals surface area (Å²) < 4.78 is 5.45. The minimum absolute atomic E-state index is 0.0266. The maximum atomic E-state index is 12.4. The van der Waals surface area contributed by atoms with E-state index < -0.39 is 12.1 Å². The normalized spacial score (nSPS) is 12.8. The molecule has 0 aromatic carbocycles. The highest BCUT2D eigenvalue weighted by Crippen LogP contribution is 2.15. The van der Waals surface area contributed by atoms with E-state index in [0.29, 0.717) is 25.9 Å². The number of ether oxygens (including phenoxy) is 1. The summed E-state index contributed by atoms with van der Waals surface area (Å²) in [6, 6.07) is -0.558. The molecule has 0 aliphatic rings. The molecule has 0 heterocycles. The fraction of sp³-hybridized carbons (Fsp3) is 0.882. The Kier molecular flexibility index (Phi) is 45.7. The van der Waals surface area contributed by atoms with E-state index in [-0.39, 0.29) is 18.5 Å². The number of unbranched alkanes of at least 4 members (excludes halogenated alkanes) is 31. The molecule has 1 amide bonds. The zero-order valence-corrected chi connectivity index (χ0v) is 38.1. The zero-order chi connectivity index (χ0) is 41.5. The van der Waals surface area contributed by atoms with E-state index in [2.05, 4.69) is 43.5 Å². The lowest BCUT2D eigenvalue weighted by Crippen LogP contribution is -2.45. The molecule has 0 aromatic rings. The first kappa shape index (κ1) is 55.3. The van der Waals surface area contributed by atoms with Gasteiger partial charge in [0.15, 0.2) is 0 Å². The van der Waals surface area contributed by atoms with Crippen LogP contribution < -0.4 is 5.32 Å². The summed E-state index contributed by atoms with van der Waals surface area (Å²) in [5.41, 5.74) is 0. The average molecular weight is 804 g/mol. The van der Waals surface area contributed by atoms with Gasteiger partial charge in [-0.05, 0) is 83.5 Å². The Hall–Kier alpha value is -1.66. The number of aliphatic hydroxyl groups is 2. The van der Waals surface area contributed by atoms with Crippen LogP contribution in [-0.4, -0.2) is 47.4 Å². The summed E-state index contributed by atoms with van der Waals surface area (Å²) in [7, 11) is 0. The maximum absolute atomic E-state index is 12.4. The number of hydrogen-bond acceptors (Lipinski definition) is 5. The Bertz CT molecular complexity index is 889. The molecule has 0 aliphatic carbocycles. The van der Waals surface area contributed by atoms with Gasteiger partial charge >= 0.3 is 5.97 Å². The average Bonchev–Trinajstić information content (AvgIpc) is 3.21. The SMILES string of the molecule is CCCCCCCC/C=C\CCCCCCCCCC(=O)OCCCCC/C=C\CCCCCCCC(=O)NC(CO)C(O)CCCCCCCCCCCCC. The number of hydrogen-bond donors (Lipinski definition) is 3. The van der Waals surface area contributed by atoms with Crippen molar-refractivity contribution < 1.29 is 24.5 Å². The van der Waals surface area contributed by atoms with E-state index >= 15 is 0 Å². The monoisotopic (exact) mass is 804 g/mol. The first-order valence-electron chi connectivity index (χ1n) is 25.1. The van der Waals surface area contributed by atoms with Gasteiger partial charge < -0.3 is 20.3 Å². The van der Waals surface area contributed by atoms with Crippen molar-refractivity contribution in [3.63, 3.8) is 0 Å². The third-order valence-corrected chi connectivity index (χ3v) is 11.5. The quantitative estimate of drug-likeness (QED) is 0.0324. The number of esters is 1. The van der Waals surface area contributed by atoms with Crippen molar-refractivity contribution in [3.05, 3.63) is 24.3 Å². The van der Waals surface area contributed by atoms with E-state index in [1.165, 1.54) is 154 Å². The van der Waals surface area contributed by atoms with Crippen molar-refractivity contribution in [2.75, 3.05) is 13.2 Å². The van der Waals surface area contributed by atoms with Crippen LogP contribution in [0.15, 0.2) is 24.3 Å². The highest BCUT2D eigenvalue weighted by Gasteiger charge is 2.20. The molecule has 0 aromatic heterocycles. The summed E-state index contributed by atoms with van der Waals surface area (Å²) in [6.07, 6.45) is 54.3. The van der Waals surface area contributed by atoms with Crippen molar-refractivity contribution in [1.82, 2.24) is 5.32 Å². The molecule has 0 aliphatic heterocycles. The fourth-order valence-corrected chi connectivity index (χ4v) is 7.57. The maximum Gasteiger partial charge on any atom is 0.305 e. The third kappa shape index (κ3) is 43.7. The van der Waals surface area contributed by atoms with Crippen LogP contribution in [0.3, 0.4) is 0 Å². The van der Waals surface area contributed by atoms with Crippen molar-refractivity contribution in [2.45, 2.75) is 276 Å². The van der Waals surface area contributed by atoms with E-state index in [9.17, 15) is 19.8 Å². The first-order chi connectivity index (χ1) is 28.0. The minimum atomic E-state index is -0.679. The van der Waals surface area contributed by atoms with Crippen LogP contribution in [0.2, 0.25) is 0 Å². The molecule has 0 radical (unpaired) electrons. The molecule has 0 spiro atoms. The predicted octanol–water partition coefficient (Wildman–Crippen LogP) is 14.7. The molecule has 336 valence electrons. The Morgan fingerprint density at radius 2 is 0.825 bits per heavy atom.